The van der Waals surface area contributed by atoms with Crippen molar-refractivity contribution in [3.05, 3.63) is 54.6 Å². The number of hydrogen-bond donors (Lipinski definition) is 0. The lowest BCUT2D eigenvalue weighted by Crippen LogP contribution is -2.12. The summed E-state index contributed by atoms with van der Waals surface area (Å²) in [6, 6.07) is 15.6. The van der Waals surface area contributed by atoms with Gasteiger partial charge in [-0.3, -0.25) is 0 Å². The Labute approximate surface area is 124 Å². The van der Waals surface area contributed by atoms with E-state index in [-0.39, 0.29) is 4.90 Å². The molecule has 0 aliphatic carbocycles. The van der Waals surface area contributed by atoms with Crippen LogP contribution in [0.4, 0.5) is 0 Å². The maximum Gasteiger partial charge on any atom is 0.270 e. The molecule has 104 valence electrons. The molecule has 0 atom stereocenters. The Morgan fingerprint density at radius 1 is 0.905 bits per heavy atom. The molecular weight excluding hydrogens is 306 g/mol. The molecule has 21 heavy (non-hydrogen) atoms. The number of para-hydroxylation sites is 1. The second-order valence-corrected chi connectivity index (χ2v) is 6.85. The minimum absolute atomic E-state index is 0.237. The molecule has 7 heteroatoms. The topological polar surface area (TPSA) is 64.8 Å². The Balaban J connectivity index is 2.16. The smallest absolute Gasteiger partial charge is 0.214 e. The van der Waals surface area contributed by atoms with E-state index < -0.39 is 10.0 Å². The van der Waals surface area contributed by atoms with Crippen LogP contribution in [0.3, 0.4) is 0 Å². The third kappa shape index (κ3) is 1.71. The molecule has 2 aromatic heterocycles. The molecule has 0 amide bonds. The Kier molecular flexibility index (Phi) is 2.60. The summed E-state index contributed by atoms with van der Waals surface area (Å²) in [7, 11) is -3.70. The molecule has 2 aromatic carbocycles. The van der Waals surface area contributed by atoms with Gasteiger partial charge in [0.05, 0.1) is 22.1 Å². The average molecular weight is 315 g/mol. The molecule has 0 N–H and O–H groups in total. The molecular formula is C14H9N3O2S2. The van der Waals surface area contributed by atoms with Crippen molar-refractivity contribution in [3.63, 3.8) is 0 Å². The van der Waals surface area contributed by atoms with Crippen molar-refractivity contribution in [2.75, 3.05) is 0 Å². The molecule has 4 aromatic rings. The number of rotatable bonds is 2. The predicted molar refractivity (Wildman–Crippen MR) is 81.9 cm³/mol. The Morgan fingerprint density at radius 2 is 1.62 bits per heavy atom. The van der Waals surface area contributed by atoms with Crippen molar-refractivity contribution in [1.29, 1.82) is 0 Å². The van der Waals surface area contributed by atoms with Crippen molar-refractivity contribution in [1.82, 2.24) is 12.7 Å². The van der Waals surface area contributed by atoms with E-state index in [0.717, 1.165) is 17.1 Å². The zero-order valence-electron chi connectivity index (χ0n) is 10.7. The van der Waals surface area contributed by atoms with E-state index in [2.05, 4.69) is 8.75 Å². The lowest BCUT2D eigenvalue weighted by atomic mass is 10.2. The van der Waals surface area contributed by atoms with E-state index in [1.807, 2.05) is 18.2 Å². The summed E-state index contributed by atoms with van der Waals surface area (Å²) in [5, 5.41) is 0.792. The molecule has 0 aliphatic heterocycles. The van der Waals surface area contributed by atoms with Crippen molar-refractivity contribution in [2.45, 2.75) is 4.90 Å². The SMILES string of the molecule is O=S(=O)(c1ccccc1)n1c2ccccc2c2nsnc21. The maximum absolute atomic E-state index is 12.9. The molecule has 0 spiro atoms. The van der Waals surface area contributed by atoms with Crippen molar-refractivity contribution in [2.24, 2.45) is 0 Å². The fraction of sp³-hybridized carbons (Fsp3) is 0. The van der Waals surface area contributed by atoms with Gasteiger partial charge < -0.3 is 0 Å². The normalized spacial score (nSPS) is 12.2. The van der Waals surface area contributed by atoms with Crippen LogP contribution in [-0.4, -0.2) is 21.1 Å². The molecule has 0 radical (unpaired) electrons. The van der Waals surface area contributed by atoms with E-state index in [1.54, 1.807) is 36.4 Å². The summed E-state index contributed by atoms with van der Waals surface area (Å²) in [4.78, 5) is 0.237. The van der Waals surface area contributed by atoms with E-state index in [1.165, 1.54) is 3.97 Å². The van der Waals surface area contributed by atoms with Crippen LogP contribution in [0.1, 0.15) is 0 Å². The van der Waals surface area contributed by atoms with Gasteiger partial charge in [-0.25, -0.2) is 12.4 Å². The summed E-state index contributed by atoms with van der Waals surface area (Å²) < 4.78 is 35.5. The van der Waals surface area contributed by atoms with E-state index in [4.69, 9.17) is 0 Å². The van der Waals surface area contributed by atoms with Gasteiger partial charge >= 0.3 is 0 Å². The first-order chi connectivity index (χ1) is 10.2. The Bertz CT molecular complexity index is 1050. The maximum atomic E-state index is 12.9. The van der Waals surface area contributed by atoms with Crippen LogP contribution in [-0.2, 0) is 10.0 Å². The van der Waals surface area contributed by atoms with Gasteiger partial charge in [-0.2, -0.15) is 8.75 Å². The van der Waals surface area contributed by atoms with Gasteiger partial charge in [-0.05, 0) is 18.2 Å². The number of hydrogen-bond acceptors (Lipinski definition) is 5. The van der Waals surface area contributed by atoms with Gasteiger partial charge in [0.2, 0.25) is 0 Å². The first kappa shape index (κ1) is 12.5. The lowest BCUT2D eigenvalue weighted by molar-refractivity contribution is 0.590. The van der Waals surface area contributed by atoms with Crippen molar-refractivity contribution < 1.29 is 8.42 Å². The number of nitrogens with zero attached hydrogens (tertiary/aromatic N) is 3. The lowest BCUT2D eigenvalue weighted by Gasteiger charge is -2.07. The molecule has 5 nitrogen and oxygen atoms in total. The molecule has 2 heterocycles. The summed E-state index contributed by atoms with van der Waals surface area (Å²) in [6.07, 6.45) is 0. The second kappa shape index (κ2) is 4.37. The fourth-order valence-corrected chi connectivity index (χ4v) is 4.48. The number of aromatic nitrogens is 3. The van der Waals surface area contributed by atoms with Gasteiger partial charge in [0.25, 0.3) is 10.0 Å². The zero-order chi connectivity index (χ0) is 14.4. The van der Waals surface area contributed by atoms with E-state index >= 15 is 0 Å². The van der Waals surface area contributed by atoms with Gasteiger partial charge in [0.1, 0.15) is 5.52 Å². The fourth-order valence-electron chi connectivity index (χ4n) is 2.39. The number of fused-ring (bicyclic) bond motifs is 3. The molecule has 0 unspecified atom stereocenters. The van der Waals surface area contributed by atoms with Crippen molar-refractivity contribution >= 4 is 43.8 Å². The highest BCUT2D eigenvalue weighted by atomic mass is 32.2. The first-order valence-corrected chi connectivity index (χ1v) is 8.39. The van der Waals surface area contributed by atoms with Gasteiger partial charge in [-0.15, -0.1) is 0 Å². The van der Waals surface area contributed by atoms with Crippen LogP contribution < -0.4 is 0 Å². The molecule has 0 bridgehead atoms. The summed E-state index contributed by atoms with van der Waals surface area (Å²) >= 11 is 1.01. The second-order valence-electron chi connectivity index (χ2n) is 4.54. The van der Waals surface area contributed by atoms with Crippen LogP contribution >= 0.6 is 11.7 Å². The van der Waals surface area contributed by atoms with Crippen LogP contribution in [0.5, 0.6) is 0 Å². The standard InChI is InChI=1S/C14H9N3O2S2/c18-21(19,10-6-2-1-3-7-10)17-12-9-5-4-8-11(12)13-14(17)16-20-15-13/h1-9H. The average Bonchev–Trinajstić information content (AvgIpc) is 3.08. The molecule has 4 rings (SSSR count). The zero-order valence-corrected chi connectivity index (χ0v) is 12.3. The van der Waals surface area contributed by atoms with Gasteiger partial charge in [0.15, 0.2) is 5.65 Å². The highest BCUT2D eigenvalue weighted by molar-refractivity contribution is 7.90. The molecule has 0 fully saturated rings. The van der Waals surface area contributed by atoms with Crippen molar-refractivity contribution in [3.8, 4) is 0 Å². The molecule has 0 saturated heterocycles. The highest BCUT2D eigenvalue weighted by Crippen LogP contribution is 2.30. The molecule has 0 saturated carbocycles. The highest BCUT2D eigenvalue weighted by Gasteiger charge is 2.24. The summed E-state index contributed by atoms with van der Waals surface area (Å²) in [6.45, 7) is 0. The quantitative estimate of drug-likeness (QED) is 0.570. The largest absolute Gasteiger partial charge is 0.270 e. The van der Waals surface area contributed by atoms with Gasteiger partial charge in [0, 0.05) is 5.39 Å². The van der Waals surface area contributed by atoms with Crippen LogP contribution in [0.2, 0.25) is 0 Å². The van der Waals surface area contributed by atoms with Gasteiger partial charge in [-0.1, -0.05) is 36.4 Å². The van der Waals surface area contributed by atoms with Crippen LogP contribution in [0.15, 0.2) is 59.5 Å². The summed E-state index contributed by atoms with van der Waals surface area (Å²) in [5.74, 6) is 0. The number of benzene rings is 2. The Morgan fingerprint density at radius 3 is 2.43 bits per heavy atom. The molecule has 0 aliphatic rings. The van der Waals surface area contributed by atoms with Crippen LogP contribution in [0, 0.1) is 0 Å². The third-order valence-electron chi connectivity index (χ3n) is 3.32. The minimum atomic E-state index is -3.70. The predicted octanol–water partition coefficient (Wildman–Crippen LogP) is 2.88. The first-order valence-electron chi connectivity index (χ1n) is 6.22. The monoisotopic (exact) mass is 315 g/mol. The van der Waals surface area contributed by atoms with E-state index in [0.29, 0.717) is 16.7 Å². The summed E-state index contributed by atoms with van der Waals surface area (Å²) in [5.41, 5.74) is 1.60. The van der Waals surface area contributed by atoms with E-state index in [9.17, 15) is 8.42 Å². The third-order valence-corrected chi connectivity index (χ3v) is 5.56. The Hall–Kier alpha value is -2.25. The minimum Gasteiger partial charge on any atom is -0.214 e. The van der Waals surface area contributed by atoms with Crippen LogP contribution in [0.25, 0.3) is 22.1 Å².